The Labute approximate surface area is 92.4 Å². The number of rotatable bonds is 2. The molecular formula is C10H22N2Ni. The molecule has 0 aliphatic carbocycles. The topological polar surface area (TPSA) is 52.0 Å². The molecular weight excluding hydrogens is 207 g/mol. The summed E-state index contributed by atoms with van der Waals surface area (Å²) in [5.74, 6) is 0. The Kier molecular flexibility index (Phi) is 20.0. The van der Waals surface area contributed by atoms with Crippen LogP contribution in [0.1, 0.15) is 40.5 Å². The summed E-state index contributed by atoms with van der Waals surface area (Å²) < 4.78 is 0. The van der Waals surface area contributed by atoms with Crippen LogP contribution in [-0.4, -0.2) is 0 Å². The third-order valence-electron chi connectivity index (χ3n) is 1.05. The Hall–Kier alpha value is -0.426. The van der Waals surface area contributed by atoms with Crippen LogP contribution in [0.5, 0.6) is 0 Å². The minimum atomic E-state index is 0. The van der Waals surface area contributed by atoms with Crippen molar-refractivity contribution in [1.82, 2.24) is 0 Å². The Balaban J connectivity index is -0.000000143. The van der Waals surface area contributed by atoms with Crippen LogP contribution in [-0.2, 0) is 16.5 Å². The summed E-state index contributed by atoms with van der Waals surface area (Å²) in [5, 5.41) is 0. The SMILES string of the molecule is CCC=C(C)N.CCC=C(C)N.[Ni]. The largest absolute Gasteiger partial charge is 0.403 e. The molecule has 3 heteroatoms. The van der Waals surface area contributed by atoms with E-state index in [0.717, 1.165) is 24.2 Å². The van der Waals surface area contributed by atoms with E-state index in [0.29, 0.717) is 0 Å². The molecule has 0 aromatic heterocycles. The van der Waals surface area contributed by atoms with Gasteiger partial charge in [0.05, 0.1) is 0 Å². The molecule has 0 radical (unpaired) electrons. The van der Waals surface area contributed by atoms with Gasteiger partial charge in [-0.25, -0.2) is 0 Å². The second-order valence-electron chi connectivity index (χ2n) is 2.71. The first kappa shape index (κ1) is 18.4. The van der Waals surface area contributed by atoms with Gasteiger partial charge in [0.25, 0.3) is 0 Å². The first-order chi connectivity index (χ1) is 5.54. The molecule has 0 aliphatic rings. The van der Waals surface area contributed by atoms with Gasteiger partial charge in [0.2, 0.25) is 0 Å². The zero-order chi connectivity index (χ0) is 9.98. The van der Waals surface area contributed by atoms with E-state index in [1.165, 1.54) is 0 Å². The fraction of sp³-hybridized carbons (Fsp3) is 0.600. The van der Waals surface area contributed by atoms with Crippen molar-refractivity contribution < 1.29 is 16.5 Å². The maximum Gasteiger partial charge on any atom is 0.000822 e. The third kappa shape index (κ3) is 34.1. The van der Waals surface area contributed by atoms with Gasteiger partial charge in [-0.05, 0) is 26.7 Å². The van der Waals surface area contributed by atoms with Gasteiger partial charge in [-0.15, -0.1) is 0 Å². The molecule has 82 valence electrons. The van der Waals surface area contributed by atoms with Crippen LogP contribution in [0.4, 0.5) is 0 Å². The molecule has 0 saturated carbocycles. The molecule has 13 heavy (non-hydrogen) atoms. The Morgan fingerprint density at radius 1 is 0.923 bits per heavy atom. The predicted octanol–water partition coefficient (Wildman–Crippen LogP) is 2.52. The second-order valence-corrected chi connectivity index (χ2v) is 2.71. The van der Waals surface area contributed by atoms with E-state index in [4.69, 9.17) is 11.5 Å². The molecule has 0 saturated heterocycles. The normalized spacial score (nSPS) is 11.1. The summed E-state index contributed by atoms with van der Waals surface area (Å²) in [6, 6.07) is 0. The van der Waals surface area contributed by atoms with Crippen LogP contribution >= 0.6 is 0 Å². The van der Waals surface area contributed by atoms with E-state index >= 15 is 0 Å². The molecule has 0 aliphatic heterocycles. The molecule has 0 rings (SSSR count). The van der Waals surface area contributed by atoms with Gasteiger partial charge in [-0.3, -0.25) is 0 Å². The fourth-order valence-electron chi connectivity index (χ4n) is 0.644. The van der Waals surface area contributed by atoms with E-state index in [9.17, 15) is 0 Å². The number of hydrogen-bond acceptors (Lipinski definition) is 2. The molecule has 0 unspecified atom stereocenters. The quantitative estimate of drug-likeness (QED) is 0.714. The van der Waals surface area contributed by atoms with Crippen molar-refractivity contribution >= 4 is 0 Å². The van der Waals surface area contributed by atoms with E-state index in [-0.39, 0.29) is 16.5 Å². The summed E-state index contributed by atoms with van der Waals surface area (Å²) in [4.78, 5) is 0. The standard InChI is InChI=1S/2C5H11N.Ni/c2*1-3-4-5(2)6;/h2*4H,3,6H2,1-2H3;. The number of allylic oxidation sites excluding steroid dienone is 4. The maximum absolute atomic E-state index is 5.26. The molecule has 0 aromatic rings. The van der Waals surface area contributed by atoms with Crippen LogP contribution < -0.4 is 11.5 Å². The van der Waals surface area contributed by atoms with Crippen molar-refractivity contribution in [2.24, 2.45) is 11.5 Å². The average molecular weight is 229 g/mol. The zero-order valence-corrected chi connectivity index (χ0v) is 10.0. The second kappa shape index (κ2) is 14.1. The van der Waals surface area contributed by atoms with Gasteiger partial charge in [-0.1, -0.05) is 26.0 Å². The molecule has 0 spiro atoms. The Morgan fingerprint density at radius 3 is 1.15 bits per heavy atom. The van der Waals surface area contributed by atoms with Crippen LogP contribution in [0.3, 0.4) is 0 Å². The van der Waals surface area contributed by atoms with Crippen molar-refractivity contribution in [3.05, 3.63) is 23.5 Å². The van der Waals surface area contributed by atoms with Crippen LogP contribution in [0.15, 0.2) is 23.5 Å². The summed E-state index contributed by atoms with van der Waals surface area (Å²) in [6.45, 7) is 7.92. The molecule has 0 atom stereocenters. The summed E-state index contributed by atoms with van der Waals surface area (Å²) in [7, 11) is 0. The van der Waals surface area contributed by atoms with Crippen LogP contribution in [0.2, 0.25) is 0 Å². The average Bonchev–Trinajstić information content (AvgIpc) is 1.87. The van der Waals surface area contributed by atoms with Crippen molar-refractivity contribution in [2.45, 2.75) is 40.5 Å². The minimum absolute atomic E-state index is 0. The van der Waals surface area contributed by atoms with Crippen molar-refractivity contribution in [3.63, 3.8) is 0 Å². The Morgan fingerprint density at radius 2 is 1.15 bits per heavy atom. The number of nitrogens with two attached hydrogens (primary N) is 2. The van der Waals surface area contributed by atoms with Crippen molar-refractivity contribution in [1.29, 1.82) is 0 Å². The minimum Gasteiger partial charge on any atom is -0.403 e. The smallest absolute Gasteiger partial charge is 0.000822 e. The Bertz CT molecular complexity index is 125. The van der Waals surface area contributed by atoms with Crippen LogP contribution in [0.25, 0.3) is 0 Å². The molecule has 2 nitrogen and oxygen atoms in total. The molecule has 0 amide bonds. The molecule has 0 fully saturated rings. The van der Waals surface area contributed by atoms with E-state index < -0.39 is 0 Å². The van der Waals surface area contributed by atoms with Gasteiger partial charge < -0.3 is 11.5 Å². The predicted molar refractivity (Wildman–Crippen MR) is 56.5 cm³/mol. The maximum atomic E-state index is 5.26. The van der Waals surface area contributed by atoms with Crippen LogP contribution in [0, 0.1) is 0 Å². The fourth-order valence-corrected chi connectivity index (χ4v) is 0.644. The van der Waals surface area contributed by atoms with Gasteiger partial charge >= 0.3 is 0 Å². The first-order valence-electron chi connectivity index (χ1n) is 4.39. The van der Waals surface area contributed by atoms with Crippen molar-refractivity contribution in [3.8, 4) is 0 Å². The molecule has 0 heterocycles. The van der Waals surface area contributed by atoms with Gasteiger partial charge in [-0.2, -0.15) is 0 Å². The van der Waals surface area contributed by atoms with E-state index in [1.807, 2.05) is 26.0 Å². The third-order valence-corrected chi connectivity index (χ3v) is 1.05. The summed E-state index contributed by atoms with van der Waals surface area (Å²) in [5.41, 5.74) is 12.4. The number of hydrogen-bond donors (Lipinski definition) is 2. The molecule has 0 aromatic carbocycles. The van der Waals surface area contributed by atoms with Gasteiger partial charge in [0, 0.05) is 27.9 Å². The summed E-state index contributed by atoms with van der Waals surface area (Å²) in [6.07, 6.45) is 6.06. The first-order valence-corrected chi connectivity index (χ1v) is 4.39. The molecule has 4 N–H and O–H groups in total. The van der Waals surface area contributed by atoms with Gasteiger partial charge in [0.1, 0.15) is 0 Å². The zero-order valence-electron chi connectivity index (χ0n) is 9.04. The van der Waals surface area contributed by atoms with E-state index in [1.54, 1.807) is 0 Å². The molecule has 0 bridgehead atoms. The van der Waals surface area contributed by atoms with E-state index in [2.05, 4.69) is 13.8 Å². The summed E-state index contributed by atoms with van der Waals surface area (Å²) >= 11 is 0. The monoisotopic (exact) mass is 228 g/mol. The van der Waals surface area contributed by atoms with Crippen molar-refractivity contribution in [2.75, 3.05) is 0 Å². The van der Waals surface area contributed by atoms with Gasteiger partial charge in [0.15, 0.2) is 0 Å².